The van der Waals surface area contributed by atoms with Gasteiger partial charge in [-0.1, -0.05) is 12.1 Å². The second-order valence-corrected chi connectivity index (χ2v) is 9.90. The van der Waals surface area contributed by atoms with E-state index in [1.165, 1.54) is 34.4 Å². The molecule has 194 valence electrons. The van der Waals surface area contributed by atoms with Gasteiger partial charge in [0.05, 0.1) is 22.2 Å². The molecule has 2 aliphatic heterocycles. The van der Waals surface area contributed by atoms with Crippen LogP contribution in [0.5, 0.6) is 0 Å². The van der Waals surface area contributed by atoms with E-state index in [1.807, 2.05) is 0 Å². The Kier molecular flexibility index (Phi) is 8.42. The molecular weight excluding hydrogens is 515 g/mol. The minimum absolute atomic E-state index is 0.0144. The summed E-state index contributed by atoms with van der Waals surface area (Å²) in [5.41, 5.74) is 4.13. The van der Waals surface area contributed by atoms with E-state index < -0.39 is 23.6 Å². The second-order valence-electron chi connectivity index (χ2n) is 8.60. The summed E-state index contributed by atoms with van der Waals surface area (Å²) in [4.78, 5) is 31.1. The Bertz CT molecular complexity index is 1100. The summed E-state index contributed by atoms with van der Waals surface area (Å²) in [6.45, 7) is 1.92. The average molecular weight is 542 g/mol. The fraction of sp³-hybridized carbons (Fsp3) is 0.478. The van der Waals surface area contributed by atoms with E-state index in [9.17, 15) is 22.8 Å². The molecule has 0 radical (unpaired) electrons. The Labute approximate surface area is 215 Å². The number of hydrogen-bond acceptors (Lipinski definition) is 6. The van der Waals surface area contributed by atoms with Crippen molar-refractivity contribution in [1.82, 2.24) is 26.1 Å². The minimum atomic E-state index is -4.60. The molecule has 1 aromatic carbocycles. The fourth-order valence-corrected chi connectivity index (χ4v) is 5.34. The zero-order valence-electron chi connectivity index (χ0n) is 19.3. The number of nitrogens with one attached hydrogen (secondary N) is 3. The maximum absolute atomic E-state index is 13.3. The van der Waals surface area contributed by atoms with Crippen LogP contribution in [0.2, 0.25) is 0 Å². The Morgan fingerprint density at radius 2 is 1.92 bits per heavy atom. The van der Waals surface area contributed by atoms with E-state index in [4.69, 9.17) is 17.0 Å². The predicted octanol–water partition coefficient (Wildman–Crippen LogP) is 3.47. The Morgan fingerprint density at radius 3 is 2.61 bits per heavy atom. The highest BCUT2D eigenvalue weighted by Crippen LogP contribution is 2.34. The molecule has 8 nitrogen and oxygen atoms in total. The first-order chi connectivity index (χ1) is 17.2. The van der Waals surface area contributed by atoms with Crippen molar-refractivity contribution in [2.24, 2.45) is 0 Å². The number of rotatable bonds is 5. The third-order valence-electron chi connectivity index (χ3n) is 6.15. The van der Waals surface area contributed by atoms with Gasteiger partial charge in [-0.3, -0.25) is 20.4 Å². The van der Waals surface area contributed by atoms with Crippen LogP contribution in [0.1, 0.15) is 63.0 Å². The number of halogens is 3. The summed E-state index contributed by atoms with van der Waals surface area (Å²) in [6, 6.07) is 4.83. The van der Waals surface area contributed by atoms with E-state index in [0.717, 1.165) is 30.5 Å². The summed E-state index contributed by atoms with van der Waals surface area (Å²) in [7, 11) is 0. The van der Waals surface area contributed by atoms with Gasteiger partial charge in [-0.05, 0) is 50.0 Å². The van der Waals surface area contributed by atoms with Crippen molar-refractivity contribution in [2.75, 3.05) is 26.2 Å². The van der Waals surface area contributed by atoms with Gasteiger partial charge in [0.1, 0.15) is 5.69 Å². The van der Waals surface area contributed by atoms with Gasteiger partial charge in [-0.2, -0.15) is 13.2 Å². The topological polar surface area (TPSA) is 95.6 Å². The number of thiocarbonyl (C=S) groups is 1. The molecule has 0 saturated carbocycles. The number of carbonyl (C=O) groups is 2. The maximum Gasteiger partial charge on any atom is 0.417 e. The van der Waals surface area contributed by atoms with Gasteiger partial charge in [0, 0.05) is 37.5 Å². The van der Waals surface area contributed by atoms with Crippen LogP contribution in [0.25, 0.3) is 0 Å². The summed E-state index contributed by atoms with van der Waals surface area (Å²) in [5.74, 6) is -1.05. The van der Waals surface area contributed by atoms with E-state index in [2.05, 4.69) is 21.2 Å². The number of nitrogens with zero attached hydrogens (tertiary/aromatic N) is 2. The first-order valence-electron chi connectivity index (χ1n) is 11.6. The van der Waals surface area contributed by atoms with E-state index in [0.29, 0.717) is 32.5 Å². The molecule has 4 rings (SSSR count). The van der Waals surface area contributed by atoms with E-state index in [-0.39, 0.29) is 28.4 Å². The normalized spacial score (nSPS) is 18.6. The molecule has 1 unspecified atom stereocenters. The Morgan fingerprint density at radius 1 is 1.17 bits per heavy atom. The van der Waals surface area contributed by atoms with Crippen LogP contribution >= 0.6 is 23.6 Å². The zero-order valence-corrected chi connectivity index (χ0v) is 20.9. The first kappa shape index (κ1) is 26.3. The maximum atomic E-state index is 13.3. The lowest BCUT2D eigenvalue weighted by atomic mass is 9.96. The molecule has 1 atom stereocenters. The highest BCUT2D eigenvalue weighted by Gasteiger charge is 2.36. The molecule has 0 spiro atoms. The van der Waals surface area contributed by atoms with Gasteiger partial charge >= 0.3 is 6.18 Å². The van der Waals surface area contributed by atoms with Crippen LogP contribution in [-0.2, 0) is 10.9 Å². The summed E-state index contributed by atoms with van der Waals surface area (Å²) < 4.78 is 45.4. The number of ether oxygens (including phenoxy) is 1. The summed E-state index contributed by atoms with van der Waals surface area (Å²) in [5, 5.41) is 5.67. The smallest absolute Gasteiger partial charge is 0.376 e. The molecule has 2 aromatic rings. The highest BCUT2D eigenvalue weighted by atomic mass is 32.1. The number of carbonyl (C=O) groups excluding carboxylic acids is 2. The molecule has 36 heavy (non-hydrogen) atoms. The highest BCUT2D eigenvalue weighted by molar-refractivity contribution is 7.80. The lowest BCUT2D eigenvalue weighted by Crippen LogP contribution is -2.48. The fourth-order valence-electron chi connectivity index (χ4n) is 4.23. The van der Waals surface area contributed by atoms with Crippen molar-refractivity contribution in [2.45, 2.75) is 43.9 Å². The van der Waals surface area contributed by atoms with Crippen LogP contribution in [-0.4, -0.2) is 59.2 Å². The van der Waals surface area contributed by atoms with Crippen molar-refractivity contribution in [3.05, 3.63) is 51.5 Å². The van der Waals surface area contributed by atoms with Crippen LogP contribution in [0.3, 0.4) is 0 Å². The van der Waals surface area contributed by atoms with Crippen LogP contribution in [0, 0.1) is 0 Å². The number of hydrogen-bond donors (Lipinski definition) is 3. The standard InChI is InChI=1S/C23H26F3N5O3S2/c24-23(25,26)17-6-2-1-5-16(17)21(33)31-9-7-14(8-10-31)20-28-18(13-36-20)19(32)29-30-22(35)27-12-15-4-3-11-34-15/h1-2,5-6,13-15H,3-4,7-12H2,(H,29,32)(H2,27,30,35). The number of benzene rings is 1. The van der Waals surface area contributed by atoms with Crippen molar-refractivity contribution < 1.29 is 27.5 Å². The quantitative estimate of drug-likeness (QED) is 0.394. The van der Waals surface area contributed by atoms with E-state index >= 15 is 0 Å². The second kappa shape index (κ2) is 11.5. The molecule has 13 heteroatoms. The molecular formula is C23H26F3N5O3S2. The largest absolute Gasteiger partial charge is 0.417 e. The van der Waals surface area contributed by atoms with Crippen LogP contribution < -0.4 is 16.2 Å². The average Bonchev–Trinajstić information content (AvgIpc) is 3.58. The number of thiazole rings is 1. The van der Waals surface area contributed by atoms with Gasteiger partial charge in [0.15, 0.2) is 5.11 Å². The van der Waals surface area contributed by atoms with Crippen molar-refractivity contribution in [3.63, 3.8) is 0 Å². The SMILES string of the molecule is O=C(NNC(=S)NCC1CCCO1)c1csc(C2CCN(C(=O)c3ccccc3C(F)(F)F)CC2)n1. The van der Waals surface area contributed by atoms with Crippen LogP contribution in [0.15, 0.2) is 29.6 Å². The van der Waals surface area contributed by atoms with Gasteiger partial charge in [-0.15, -0.1) is 11.3 Å². The van der Waals surface area contributed by atoms with Crippen LogP contribution in [0.4, 0.5) is 13.2 Å². The Balaban J connectivity index is 1.26. The number of alkyl halides is 3. The zero-order chi connectivity index (χ0) is 25.7. The molecule has 2 fully saturated rings. The molecule has 2 saturated heterocycles. The van der Waals surface area contributed by atoms with Crippen molar-refractivity contribution in [1.29, 1.82) is 0 Å². The number of amides is 2. The van der Waals surface area contributed by atoms with Gasteiger partial charge < -0.3 is 15.0 Å². The first-order valence-corrected chi connectivity index (χ1v) is 12.9. The molecule has 3 heterocycles. The number of hydrazine groups is 1. The van der Waals surface area contributed by atoms with Gasteiger partial charge in [0.2, 0.25) is 0 Å². The number of piperidine rings is 1. The minimum Gasteiger partial charge on any atom is -0.376 e. The summed E-state index contributed by atoms with van der Waals surface area (Å²) >= 11 is 6.50. The third kappa shape index (κ3) is 6.51. The van der Waals surface area contributed by atoms with Gasteiger partial charge in [0.25, 0.3) is 11.8 Å². The van der Waals surface area contributed by atoms with Crippen molar-refractivity contribution >= 4 is 40.5 Å². The molecule has 1 aromatic heterocycles. The molecule has 0 aliphatic carbocycles. The molecule has 3 N–H and O–H groups in total. The predicted molar refractivity (Wildman–Crippen MR) is 132 cm³/mol. The van der Waals surface area contributed by atoms with Gasteiger partial charge in [-0.25, -0.2) is 4.98 Å². The lowest BCUT2D eigenvalue weighted by Gasteiger charge is -2.31. The van der Waals surface area contributed by atoms with E-state index in [1.54, 1.807) is 5.38 Å². The molecule has 2 amide bonds. The van der Waals surface area contributed by atoms with Crippen molar-refractivity contribution in [3.8, 4) is 0 Å². The molecule has 0 bridgehead atoms. The number of aromatic nitrogens is 1. The number of likely N-dealkylation sites (tertiary alicyclic amines) is 1. The monoisotopic (exact) mass is 541 g/mol. The summed E-state index contributed by atoms with van der Waals surface area (Å²) in [6.07, 6.45) is -1.40. The lowest BCUT2D eigenvalue weighted by molar-refractivity contribution is -0.138. The Hall–Kier alpha value is -2.77. The molecule has 2 aliphatic rings. The third-order valence-corrected chi connectivity index (χ3v) is 7.41.